The van der Waals surface area contributed by atoms with Crippen molar-refractivity contribution in [3.63, 3.8) is 0 Å². The third-order valence-electron chi connectivity index (χ3n) is 6.64. The van der Waals surface area contributed by atoms with E-state index in [0.29, 0.717) is 17.1 Å². The van der Waals surface area contributed by atoms with Crippen molar-refractivity contribution in [2.45, 2.75) is 34.2 Å². The molecule has 1 spiro atoms. The molecule has 2 amide bonds. The Morgan fingerprint density at radius 2 is 2.18 bits per heavy atom. The van der Waals surface area contributed by atoms with E-state index in [4.69, 9.17) is 16.3 Å². The smallest absolute Gasteiger partial charge is 0.310 e. The van der Waals surface area contributed by atoms with Crippen molar-refractivity contribution in [2.75, 3.05) is 31.2 Å². The minimum Gasteiger partial charge on any atom is -0.466 e. The molecule has 1 N–H and O–H groups in total. The summed E-state index contributed by atoms with van der Waals surface area (Å²) in [6, 6.07) is 6.17. The van der Waals surface area contributed by atoms with E-state index in [-0.39, 0.29) is 48.2 Å². The number of halogens is 2. The molecule has 3 heterocycles. The van der Waals surface area contributed by atoms with Crippen LogP contribution in [0.2, 0.25) is 5.02 Å². The van der Waals surface area contributed by atoms with Crippen molar-refractivity contribution in [1.29, 1.82) is 0 Å². The van der Waals surface area contributed by atoms with E-state index in [1.165, 1.54) is 21.6 Å². The van der Waals surface area contributed by atoms with Crippen LogP contribution >= 0.6 is 39.3 Å². The fourth-order valence-corrected chi connectivity index (χ4v) is 9.35. The average molecular weight is 558 g/mol. The first-order valence-corrected chi connectivity index (χ1v) is 13.1. The van der Waals surface area contributed by atoms with Gasteiger partial charge >= 0.3 is 5.97 Å². The number of β-amino-alcohol motifs (C(OH)–C–C–N with tert-alkyl or cyclic N) is 1. The van der Waals surface area contributed by atoms with E-state index in [1.54, 1.807) is 37.3 Å². The first-order valence-electron chi connectivity index (χ1n) is 10.9. The molecule has 3 aliphatic rings. The van der Waals surface area contributed by atoms with E-state index in [0.717, 1.165) is 0 Å². The molecule has 2 bridgehead atoms. The van der Waals surface area contributed by atoms with Crippen LogP contribution in [-0.4, -0.2) is 75.0 Å². The number of likely N-dealkylation sites (tertiary alicyclic amines) is 1. The lowest BCUT2D eigenvalue weighted by atomic mass is 9.71. The maximum atomic E-state index is 14.2. The Hall–Kier alpha value is -1.55. The van der Waals surface area contributed by atoms with Gasteiger partial charge in [0, 0.05) is 23.2 Å². The third-order valence-corrected chi connectivity index (χ3v) is 10.2. The van der Waals surface area contributed by atoms with Crippen LogP contribution in [0, 0.1) is 11.8 Å². The molecule has 0 radical (unpaired) electrons. The summed E-state index contributed by atoms with van der Waals surface area (Å²) in [6.45, 7) is 5.65. The largest absolute Gasteiger partial charge is 0.466 e. The molecule has 0 aromatic heterocycles. The summed E-state index contributed by atoms with van der Waals surface area (Å²) >= 11 is 11.6. The Kier molecular flexibility index (Phi) is 7.15. The zero-order chi connectivity index (χ0) is 23.9. The highest BCUT2D eigenvalue weighted by Gasteiger charge is 2.76. The van der Waals surface area contributed by atoms with Crippen LogP contribution in [0.4, 0.5) is 5.69 Å². The van der Waals surface area contributed by atoms with Crippen LogP contribution in [0.25, 0.3) is 0 Å². The molecule has 6 atom stereocenters. The van der Waals surface area contributed by atoms with Gasteiger partial charge in [-0.25, -0.2) is 0 Å². The molecule has 1 aromatic carbocycles. The molecular formula is C23H26BrClN2O5S. The molecule has 33 heavy (non-hydrogen) atoms. The second-order valence-corrected chi connectivity index (χ2v) is 11.5. The molecule has 3 saturated heterocycles. The Morgan fingerprint density at radius 3 is 2.82 bits per heavy atom. The molecule has 1 aromatic rings. The number of hydrogen-bond acceptors (Lipinski definition) is 6. The maximum Gasteiger partial charge on any atom is 0.310 e. The average Bonchev–Trinajstić information content (AvgIpc) is 3.37. The van der Waals surface area contributed by atoms with E-state index in [9.17, 15) is 19.5 Å². The van der Waals surface area contributed by atoms with Gasteiger partial charge in [-0.05, 0) is 25.5 Å². The predicted molar refractivity (Wildman–Crippen MR) is 132 cm³/mol. The van der Waals surface area contributed by atoms with Gasteiger partial charge in [0.2, 0.25) is 5.91 Å². The summed E-state index contributed by atoms with van der Waals surface area (Å²) in [5, 5.41) is 9.96. The summed E-state index contributed by atoms with van der Waals surface area (Å²) in [5.41, 5.74) is 0.523. The molecule has 3 fully saturated rings. The molecular weight excluding hydrogens is 532 g/mol. The summed E-state index contributed by atoms with van der Waals surface area (Å²) in [4.78, 5) is 43.6. The van der Waals surface area contributed by atoms with E-state index < -0.39 is 28.6 Å². The van der Waals surface area contributed by atoms with Gasteiger partial charge in [0.15, 0.2) is 0 Å². The first-order chi connectivity index (χ1) is 15.8. The van der Waals surface area contributed by atoms with Crippen LogP contribution < -0.4 is 4.90 Å². The lowest BCUT2D eigenvalue weighted by Gasteiger charge is -2.37. The minimum atomic E-state index is -0.854. The molecule has 4 rings (SSSR count). The van der Waals surface area contributed by atoms with Crippen LogP contribution in [0.1, 0.15) is 13.3 Å². The second-order valence-electron chi connectivity index (χ2n) is 8.36. The Bertz CT molecular complexity index is 980. The minimum absolute atomic E-state index is 0.00562. The van der Waals surface area contributed by atoms with Gasteiger partial charge in [-0.15, -0.1) is 18.3 Å². The number of esters is 1. The number of nitrogens with zero attached hydrogens (tertiary/aromatic N) is 2. The number of fused-ring (bicyclic) bond motifs is 1. The highest BCUT2D eigenvalue weighted by molar-refractivity contribution is 9.09. The number of amides is 2. The van der Waals surface area contributed by atoms with Crippen LogP contribution in [0.5, 0.6) is 0 Å². The molecule has 178 valence electrons. The quantitative estimate of drug-likeness (QED) is 0.301. The number of hydrogen-bond donors (Lipinski definition) is 1. The number of para-hydroxylation sites is 1. The molecule has 0 saturated carbocycles. The van der Waals surface area contributed by atoms with Crippen LogP contribution in [-0.2, 0) is 19.1 Å². The number of ether oxygens (including phenoxy) is 1. The maximum absolute atomic E-state index is 14.2. The van der Waals surface area contributed by atoms with Gasteiger partial charge in [0.1, 0.15) is 6.04 Å². The molecule has 7 nitrogen and oxygen atoms in total. The summed E-state index contributed by atoms with van der Waals surface area (Å²) < 4.78 is 4.52. The van der Waals surface area contributed by atoms with Crippen LogP contribution in [0.15, 0.2) is 36.9 Å². The van der Waals surface area contributed by atoms with Crippen molar-refractivity contribution in [3.8, 4) is 0 Å². The second kappa shape index (κ2) is 9.60. The third kappa shape index (κ3) is 3.81. The number of benzene rings is 1. The van der Waals surface area contributed by atoms with Gasteiger partial charge in [-0.2, -0.15) is 0 Å². The van der Waals surface area contributed by atoms with E-state index in [1.807, 2.05) is 0 Å². The SMILES string of the molecule is C=CCN(C(=O)C1N(CCO)C(=O)[C@@H]2[C@@H](C(=O)OCC)[C@@H]3SC12CC3Br)c1ccccc1Cl. The molecule has 10 heteroatoms. The molecule has 3 aliphatic heterocycles. The number of aliphatic hydroxyl groups is 1. The zero-order valence-electron chi connectivity index (χ0n) is 18.2. The summed E-state index contributed by atoms with van der Waals surface area (Å²) in [7, 11) is 0. The van der Waals surface area contributed by atoms with E-state index in [2.05, 4.69) is 22.5 Å². The van der Waals surface area contributed by atoms with Crippen molar-refractivity contribution in [1.82, 2.24) is 4.90 Å². The van der Waals surface area contributed by atoms with Gasteiger partial charge in [0.25, 0.3) is 5.91 Å². The number of thioether (sulfide) groups is 1. The number of carbonyl (C=O) groups is 3. The Balaban J connectivity index is 1.80. The number of carbonyl (C=O) groups excluding carboxylic acids is 3. The van der Waals surface area contributed by atoms with Crippen molar-refractivity contribution >= 4 is 62.8 Å². The number of rotatable bonds is 8. The monoisotopic (exact) mass is 556 g/mol. The number of aliphatic hydroxyl groups excluding tert-OH is 1. The predicted octanol–water partition coefficient (Wildman–Crippen LogP) is 2.88. The highest BCUT2D eigenvalue weighted by atomic mass is 79.9. The topological polar surface area (TPSA) is 87.2 Å². The van der Waals surface area contributed by atoms with Gasteiger partial charge in [0.05, 0.1) is 40.5 Å². The first kappa shape index (κ1) is 24.6. The fourth-order valence-electron chi connectivity index (χ4n) is 5.52. The Labute approximate surface area is 210 Å². The number of alkyl halides is 1. The van der Waals surface area contributed by atoms with Crippen molar-refractivity contribution in [2.24, 2.45) is 11.8 Å². The summed E-state index contributed by atoms with van der Waals surface area (Å²) in [6.07, 6.45) is 2.16. The van der Waals surface area contributed by atoms with Gasteiger partial charge < -0.3 is 19.6 Å². The molecule has 0 aliphatic carbocycles. The van der Waals surface area contributed by atoms with E-state index >= 15 is 0 Å². The standard InChI is InChI=1S/C23H26BrClN2O5S/c1-3-9-26(15-8-6-5-7-14(15)25)21(30)19-23-12-13(24)18(33-23)16(22(31)32-4-2)17(23)20(29)27(19)10-11-28/h3,5-8,13,16-19,28H,1,4,9-12H2,2H3/t13?,16-,17+,18-,19?,23?/m1/s1. The van der Waals surface area contributed by atoms with Gasteiger partial charge in [-0.1, -0.05) is 45.7 Å². The lowest BCUT2D eigenvalue weighted by Crippen LogP contribution is -2.56. The normalized spacial score (nSPS) is 32.1. The van der Waals surface area contributed by atoms with Crippen molar-refractivity contribution < 1.29 is 24.2 Å². The van der Waals surface area contributed by atoms with Gasteiger partial charge in [-0.3, -0.25) is 14.4 Å². The lowest BCUT2D eigenvalue weighted by molar-refractivity contribution is -0.153. The Morgan fingerprint density at radius 1 is 1.45 bits per heavy atom. The van der Waals surface area contributed by atoms with Crippen molar-refractivity contribution in [3.05, 3.63) is 41.9 Å². The number of anilines is 1. The van der Waals surface area contributed by atoms with Crippen LogP contribution in [0.3, 0.4) is 0 Å². The molecule has 3 unspecified atom stereocenters. The fraction of sp³-hybridized carbons (Fsp3) is 0.522. The zero-order valence-corrected chi connectivity index (χ0v) is 21.3. The summed E-state index contributed by atoms with van der Waals surface area (Å²) in [5.74, 6) is -2.33. The highest BCUT2D eigenvalue weighted by Crippen LogP contribution is 2.68.